The number of hydrogen-bond acceptors (Lipinski definition) is 8. The zero-order chi connectivity index (χ0) is 24.2. The maximum Gasteiger partial charge on any atom is 0.404 e. The first kappa shape index (κ1) is 24.4. The van der Waals surface area contributed by atoms with Gasteiger partial charge in [0, 0.05) is 18.9 Å². The highest BCUT2D eigenvalue weighted by Crippen LogP contribution is 2.24. The van der Waals surface area contributed by atoms with Gasteiger partial charge < -0.3 is 9.73 Å². The quantitative estimate of drug-likeness (QED) is 0.433. The molecule has 0 fully saturated rings. The minimum Gasteiger partial charge on any atom is -0.415 e. The summed E-state index contributed by atoms with van der Waals surface area (Å²) in [5, 5.41) is 9.32. The normalized spacial score (nSPS) is 13.3. The monoisotopic (exact) mass is 496 g/mol. The Balaban J connectivity index is 1.77. The lowest BCUT2D eigenvalue weighted by molar-refractivity contribution is -0.106. The van der Waals surface area contributed by atoms with Crippen LogP contribution in [-0.2, 0) is 10.0 Å². The Hall–Kier alpha value is -3.27. The molecule has 9 nitrogen and oxygen atoms in total. The molecule has 3 aromatic rings. The fourth-order valence-electron chi connectivity index (χ4n) is 2.53. The Morgan fingerprint density at radius 2 is 1.67 bits per heavy atom. The van der Waals surface area contributed by atoms with Crippen LogP contribution in [0.25, 0.3) is 11.5 Å². The van der Waals surface area contributed by atoms with Crippen molar-refractivity contribution in [1.29, 1.82) is 0 Å². The Labute approximate surface area is 182 Å². The summed E-state index contributed by atoms with van der Waals surface area (Å²) in [5.41, 5.74) is 0.418. The molecule has 16 heteroatoms. The molecule has 33 heavy (non-hydrogen) atoms. The first-order chi connectivity index (χ1) is 15.4. The zero-order valence-electron chi connectivity index (χ0n) is 16.2. The van der Waals surface area contributed by atoms with Crippen molar-refractivity contribution >= 4 is 16.0 Å². The minimum absolute atomic E-state index is 0.100. The van der Waals surface area contributed by atoms with Crippen molar-refractivity contribution in [1.82, 2.24) is 24.9 Å². The highest BCUT2D eigenvalue weighted by molar-refractivity contribution is 7.89. The molecule has 0 aliphatic heterocycles. The van der Waals surface area contributed by atoms with E-state index in [0.29, 0.717) is 5.56 Å². The Kier molecular flexibility index (Phi) is 7.16. The molecule has 0 aliphatic carbocycles. The maximum atomic E-state index is 13.2. The van der Waals surface area contributed by atoms with Crippen LogP contribution >= 0.6 is 0 Å². The van der Waals surface area contributed by atoms with E-state index < -0.39 is 52.7 Å². The van der Waals surface area contributed by atoms with Crippen molar-refractivity contribution < 1.29 is 39.2 Å². The first-order valence-electron chi connectivity index (χ1n) is 8.92. The van der Waals surface area contributed by atoms with Crippen LogP contribution in [-0.4, -0.2) is 47.1 Å². The van der Waals surface area contributed by atoms with Gasteiger partial charge in [0.25, 0.3) is 11.8 Å². The SMILES string of the molecule is O=S(=O)(CC(F)(F)F)NC[C@H](Nc1ncc(-c2nnc(C(F)F)o2)cn1)c1ccc(F)cc1. The number of alkyl halides is 5. The number of sulfonamides is 1. The van der Waals surface area contributed by atoms with Gasteiger partial charge in [-0.2, -0.15) is 22.0 Å². The Morgan fingerprint density at radius 3 is 2.21 bits per heavy atom. The molecule has 0 amide bonds. The molecule has 0 saturated heterocycles. The predicted octanol–water partition coefficient (Wildman–Crippen LogP) is 3.24. The summed E-state index contributed by atoms with van der Waals surface area (Å²) in [4.78, 5) is 7.85. The molecule has 2 N–H and O–H groups in total. The van der Waals surface area contributed by atoms with Crippen LogP contribution in [0.3, 0.4) is 0 Å². The van der Waals surface area contributed by atoms with Gasteiger partial charge in [0.1, 0.15) is 5.82 Å². The van der Waals surface area contributed by atoms with Crippen LogP contribution in [0.4, 0.5) is 32.3 Å². The fraction of sp³-hybridized carbons (Fsp3) is 0.294. The number of nitrogens with zero attached hydrogens (tertiary/aromatic N) is 4. The lowest BCUT2D eigenvalue weighted by atomic mass is 10.1. The second-order valence-corrected chi connectivity index (χ2v) is 8.32. The molecule has 1 atom stereocenters. The number of hydrogen-bond donors (Lipinski definition) is 2. The van der Waals surface area contributed by atoms with E-state index in [4.69, 9.17) is 4.42 Å². The van der Waals surface area contributed by atoms with Crippen molar-refractivity contribution in [3.63, 3.8) is 0 Å². The number of halogens is 6. The fourth-order valence-corrected chi connectivity index (χ4v) is 3.49. The summed E-state index contributed by atoms with van der Waals surface area (Å²) in [7, 11) is -4.71. The molecular weight excluding hydrogens is 482 g/mol. The van der Waals surface area contributed by atoms with Gasteiger partial charge in [-0.1, -0.05) is 12.1 Å². The summed E-state index contributed by atoms with van der Waals surface area (Å²) < 4.78 is 106. The molecule has 0 unspecified atom stereocenters. The molecule has 0 saturated carbocycles. The predicted molar refractivity (Wildman–Crippen MR) is 101 cm³/mol. The van der Waals surface area contributed by atoms with Gasteiger partial charge in [-0.15, -0.1) is 10.2 Å². The van der Waals surface area contributed by atoms with E-state index in [9.17, 15) is 34.8 Å². The van der Waals surface area contributed by atoms with Crippen LogP contribution in [0, 0.1) is 5.82 Å². The van der Waals surface area contributed by atoms with Gasteiger partial charge in [0.2, 0.25) is 16.0 Å². The summed E-state index contributed by atoms with van der Waals surface area (Å²) >= 11 is 0. The van der Waals surface area contributed by atoms with Crippen molar-refractivity contribution in [2.45, 2.75) is 18.6 Å². The molecule has 0 aliphatic rings. The van der Waals surface area contributed by atoms with Gasteiger partial charge in [0.15, 0.2) is 5.75 Å². The van der Waals surface area contributed by atoms with E-state index >= 15 is 0 Å². The van der Waals surface area contributed by atoms with Crippen molar-refractivity contribution in [2.24, 2.45) is 0 Å². The molecule has 0 bridgehead atoms. The molecule has 2 aromatic heterocycles. The molecule has 3 rings (SSSR count). The van der Waals surface area contributed by atoms with Crippen molar-refractivity contribution in [3.8, 4) is 11.5 Å². The minimum atomic E-state index is -4.94. The van der Waals surface area contributed by atoms with Gasteiger partial charge in [-0.3, -0.25) is 0 Å². The summed E-state index contributed by atoms with van der Waals surface area (Å²) in [5.74, 6) is -3.93. The van der Waals surface area contributed by atoms with E-state index in [0.717, 1.165) is 24.5 Å². The Bertz CT molecular complexity index is 1170. The third-order valence-corrected chi connectivity index (χ3v) is 5.28. The van der Waals surface area contributed by atoms with E-state index in [-0.39, 0.29) is 17.4 Å². The van der Waals surface area contributed by atoms with E-state index in [2.05, 4.69) is 25.5 Å². The van der Waals surface area contributed by atoms with Gasteiger partial charge in [-0.05, 0) is 17.7 Å². The summed E-state index contributed by atoms with van der Waals surface area (Å²) in [6, 6.07) is 3.75. The molecule has 0 spiro atoms. The molecule has 0 radical (unpaired) electrons. The van der Waals surface area contributed by atoms with Crippen LogP contribution in [0.5, 0.6) is 0 Å². The highest BCUT2D eigenvalue weighted by atomic mass is 32.2. The molecular formula is C17H14F6N6O3S. The van der Waals surface area contributed by atoms with Crippen LogP contribution in [0.1, 0.15) is 23.9 Å². The van der Waals surface area contributed by atoms with Crippen LogP contribution < -0.4 is 10.0 Å². The molecule has 2 heterocycles. The standard InChI is InChI=1S/C17H14F6N6O3S/c18-11-3-1-9(2-4-11)12(7-26-33(30,31)8-17(21,22)23)27-16-24-5-10(6-25-16)14-28-29-15(32-14)13(19)20/h1-6,12-13,26H,7-8H2,(H,24,25,27)/t12-/m0/s1. The third kappa shape index (κ3) is 7.11. The number of nitrogens with one attached hydrogen (secondary N) is 2. The van der Waals surface area contributed by atoms with Gasteiger partial charge in [0.05, 0.1) is 11.6 Å². The van der Waals surface area contributed by atoms with Crippen LogP contribution in [0.15, 0.2) is 41.1 Å². The van der Waals surface area contributed by atoms with E-state index in [1.165, 1.54) is 12.1 Å². The average molecular weight is 496 g/mol. The molecule has 1 aromatic carbocycles. The molecule has 178 valence electrons. The second-order valence-electron chi connectivity index (χ2n) is 6.51. The second kappa shape index (κ2) is 9.70. The van der Waals surface area contributed by atoms with E-state index in [1.807, 2.05) is 4.72 Å². The van der Waals surface area contributed by atoms with Crippen molar-refractivity contribution in [2.75, 3.05) is 17.6 Å². The number of aromatic nitrogens is 4. The average Bonchev–Trinajstić information content (AvgIpc) is 3.21. The van der Waals surface area contributed by atoms with Crippen LogP contribution in [0.2, 0.25) is 0 Å². The topological polar surface area (TPSA) is 123 Å². The highest BCUT2D eigenvalue weighted by Gasteiger charge is 2.35. The largest absolute Gasteiger partial charge is 0.415 e. The van der Waals surface area contributed by atoms with E-state index in [1.54, 1.807) is 0 Å². The Morgan fingerprint density at radius 1 is 1.03 bits per heavy atom. The summed E-state index contributed by atoms with van der Waals surface area (Å²) in [6.45, 7) is -0.545. The zero-order valence-corrected chi connectivity index (χ0v) is 17.0. The smallest absolute Gasteiger partial charge is 0.404 e. The van der Waals surface area contributed by atoms with Crippen molar-refractivity contribution in [3.05, 3.63) is 53.9 Å². The number of rotatable bonds is 9. The number of benzene rings is 1. The summed E-state index contributed by atoms with van der Waals surface area (Å²) in [6.07, 6.45) is -5.62. The lowest BCUT2D eigenvalue weighted by Crippen LogP contribution is -2.37. The number of anilines is 1. The first-order valence-corrected chi connectivity index (χ1v) is 10.6. The maximum absolute atomic E-state index is 13.2. The van der Waals surface area contributed by atoms with Gasteiger partial charge in [-0.25, -0.2) is 27.5 Å². The third-order valence-electron chi connectivity index (χ3n) is 3.96. The lowest BCUT2D eigenvalue weighted by Gasteiger charge is -2.20. The van der Waals surface area contributed by atoms with Gasteiger partial charge >= 0.3 is 12.6 Å².